The third-order valence-corrected chi connectivity index (χ3v) is 20.6. The Hall–Kier alpha value is -1.45. The smallest absolute Gasteiger partial charge is 0.303 e. The minimum Gasteiger partial charge on any atom is -0.456 e. The van der Waals surface area contributed by atoms with E-state index in [0.717, 1.165) is 38.5 Å². The lowest BCUT2D eigenvalue weighted by Crippen LogP contribution is -2.74. The first-order chi connectivity index (χ1) is 36.5. The van der Waals surface area contributed by atoms with Gasteiger partial charge in [0.25, 0.3) is 0 Å². The molecule has 4 saturated carbocycles. The summed E-state index contributed by atoms with van der Waals surface area (Å²) in [5.74, 6) is -0.457. The van der Waals surface area contributed by atoms with E-state index in [-0.39, 0.29) is 46.6 Å². The predicted molar refractivity (Wildman–Crippen MR) is 257 cm³/mol. The number of carbonyl (C=O) groups is 1. The van der Waals surface area contributed by atoms with E-state index in [1.165, 1.54) is 6.92 Å². The van der Waals surface area contributed by atoms with E-state index in [2.05, 4.69) is 26.1 Å². The SMILES string of the molecule is CC(=O)O[C@@H]1[C@@H](C)CN[C@@H]2[C@@H](C)[C@H]3[C@H](C[C@H]4[C@@H]5CC[C@H]6C[C@@H](O[C@@H]7O[C@H](CO)[C@H](O[C@@H]8O[C@H](CO)[C@@H](O)[C@H](O[C@H]9OC[C@@H](O)[C@H](O)[C@H]9O)[C@H]8O[C@@H]8O[C@H](CO)[C@@H](O)[C@H](O)[C@H]8O)[C@H](O)[C@H]7O)CC[C@]6(C)[C@H]5CC[C@]34C)O[C@@]21O. The molecule has 6 aliphatic heterocycles. The highest BCUT2D eigenvalue weighted by Gasteiger charge is 2.70. The van der Waals surface area contributed by atoms with E-state index in [4.69, 9.17) is 47.4 Å². The van der Waals surface area contributed by atoms with E-state index in [1.54, 1.807) is 0 Å². The number of nitrogens with one attached hydrogen (secondary N) is 1. The van der Waals surface area contributed by atoms with E-state index in [9.17, 15) is 71.2 Å². The maximum absolute atomic E-state index is 12.3. The van der Waals surface area contributed by atoms with Crippen LogP contribution in [0.15, 0.2) is 0 Å². The van der Waals surface area contributed by atoms with Crippen molar-refractivity contribution in [2.24, 2.45) is 52.3 Å². The topological polar surface area (TPSA) is 384 Å². The summed E-state index contributed by atoms with van der Waals surface area (Å²) >= 11 is 0. The molecule has 10 aliphatic rings. The molecule has 0 amide bonds. The van der Waals surface area contributed by atoms with Gasteiger partial charge in [-0.2, -0.15) is 0 Å². The van der Waals surface area contributed by atoms with Crippen LogP contribution in [-0.4, -0.2) is 252 Å². The second-order valence-corrected chi connectivity index (χ2v) is 24.8. The molecule has 25 nitrogen and oxygen atoms in total. The Kier molecular flexibility index (Phi) is 17.2. The summed E-state index contributed by atoms with van der Waals surface area (Å²) in [5, 5.41) is 145. The van der Waals surface area contributed by atoms with Crippen molar-refractivity contribution in [3.05, 3.63) is 0 Å². The van der Waals surface area contributed by atoms with Crippen molar-refractivity contribution in [2.75, 3.05) is 33.0 Å². The summed E-state index contributed by atoms with van der Waals surface area (Å²) in [6, 6.07) is -0.387. The molecule has 6 saturated heterocycles. The van der Waals surface area contributed by atoms with Gasteiger partial charge in [-0.1, -0.05) is 27.7 Å². The van der Waals surface area contributed by atoms with Gasteiger partial charge in [0.1, 0.15) is 91.6 Å². The Morgan fingerprint density at radius 1 is 0.623 bits per heavy atom. The van der Waals surface area contributed by atoms with Crippen LogP contribution < -0.4 is 5.32 Å². The summed E-state index contributed by atoms with van der Waals surface area (Å²) in [5.41, 5.74) is -0.0378. The van der Waals surface area contributed by atoms with Crippen molar-refractivity contribution in [2.45, 2.75) is 233 Å². The Morgan fingerprint density at radius 3 is 1.94 bits per heavy atom. The van der Waals surface area contributed by atoms with Gasteiger partial charge in [0.2, 0.25) is 5.79 Å². The van der Waals surface area contributed by atoms with Gasteiger partial charge < -0.3 is 119 Å². The summed E-state index contributed by atoms with van der Waals surface area (Å²) < 4.78 is 60.5. The van der Waals surface area contributed by atoms with Crippen molar-refractivity contribution in [3.8, 4) is 0 Å². The zero-order valence-electron chi connectivity index (χ0n) is 44.3. The van der Waals surface area contributed by atoms with Crippen LogP contribution in [0.2, 0.25) is 0 Å². The molecule has 0 spiro atoms. The Bertz CT molecular complexity index is 2030. The van der Waals surface area contributed by atoms with Crippen LogP contribution in [0.4, 0.5) is 0 Å². The van der Waals surface area contributed by atoms with Gasteiger partial charge >= 0.3 is 5.97 Å². The number of fused-ring (bicyclic) bond motifs is 8. The van der Waals surface area contributed by atoms with Crippen LogP contribution in [0.1, 0.15) is 86.0 Å². The zero-order valence-corrected chi connectivity index (χ0v) is 44.3. The highest BCUT2D eigenvalue weighted by atomic mass is 16.8. The Labute approximate surface area is 446 Å². The van der Waals surface area contributed by atoms with Crippen LogP contribution in [-0.2, 0) is 52.2 Å². The molecule has 0 aromatic rings. The number of ether oxygens (including phenoxy) is 10. The largest absolute Gasteiger partial charge is 0.456 e. The lowest BCUT2D eigenvalue weighted by atomic mass is 9.44. The first-order valence-electron chi connectivity index (χ1n) is 27.9. The minimum atomic E-state index is -2.02. The molecule has 442 valence electrons. The number of piperidine rings is 1. The fraction of sp³-hybridized carbons (Fsp3) is 0.981. The van der Waals surface area contributed by atoms with Crippen molar-refractivity contribution >= 4 is 5.97 Å². The average Bonchev–Trinajstić information content (AvgIpc) is 4.00. The number of aliphatic hydroxyl groups is 13. The number of hydrogen-bond donors (Lipinski definition) is 14. The van der Waals surface area contributed by atoms with E-state index < -0.39 is 167 Å². The molecule has 14 N–H and O–H groups in total. The number of hydrogen-bond acceptors (Lipinski definition) is 25. The highest BCUT2D eigenvalue weighted by molar-refractivity contribution is 5.66. The first kappa shape index (κ1) is 58.7. The van der Waals surface area contributed by atoms with Crippen LogP contribution in [0.5, 0.6) is 0 Å². The van der Waals surface area contributed by atoms with Crippen molar-refractivity contribution in [3.63, 3.8) is 0 Å². The van der Waals surface area contributed by atoms with Crippen LogP contribution >= 0.6 is 0 Å². The maximum Gasteiger partial charge on any atom is 0.303 e. The molecule has 10 fully saturated rings. The quantitative estimate of drug-likeness (QED) is 0.0651. The molecule has 0 aromatic carbocycles. The summed E-state index contributed by atoms with van der Waals surface area (Å²) in [4.78, 5) is 12.3. The van der Waals surface area contributed by atoms with Gasteiger partial charge in [0, 0.05) is 19.4 Å². The molecular formula is C52H85NO24. The van der Waals surface area contributed by atoms with Crippen molar-refractivity contribution < 1.29 is 119 Å². The van der Waals surface area contributed by atoms with E-state index >= 15 is 0 Å². The summed E-state index contributed by atoms with van der Waals surface area (Å²) in [6.45, 7) is 7.90. The van der Waals surface area contributed by atoms with Crippen molar-refractivity contribution in [1.82, 2.24) is 5.32 Å². The lowest BCUT2D eigenvalue weighted by Gasteiger charge is -2.62. The van der Waals surface area contributed by atoms with E-state index in [1.807, 2.05) is 6.92 Å². The fourth-order valence-corrected chi connectivity index (χ4v) is 16.6. The van der Waals surface area contributed by atoms with Gasteiger partial charge in [0.15, 0.2) is 31.3 Å². The van der Waals surface area contributed by atoms with Crippen LogP contribution in [0, 0.1) is 52.3 Å². The second kappa shape index (κ2) is 22.6. The van der Waals surface area contributed by atoms with Gasteiger partial charge in [-0.25, -0.2) is 0 Å². The molecular weight excluding hydrogens is 1020 g/mol. The third kappa shape index (κ3) is 10.2. The maximum atomic E-state index is 12.3. The summed E-state index contributed by atoms with van der Waals surface area (Å²) in [6.07, 6.45) is -27.7. The summed E-state index contributed by atoms with van der Waals surface area (Å²) in [7, 11) is 0. The molecule has 10 rings (SSSR count). The van der Waals surface area contributed by atoms with Gasteiger partial charge in [-0.15, -0.1) is 0 Å². The predicted octanol–water partition coefficient (Wildman–Crippen LogP) is -4.18. The average molecular weight is 1110 g/mol. The molecule has 77 heavy (non-hydrogen) atoms. The third-order valence-electron chi connectivity index (χ3n) is 20.6. The standard InChI is InChI=1S/C52H85NO24/c1-19-14-53-44-20(2)32-28(77-52(44,67)45(19)69-21(3)57)13-26-24-7-6-22-12-23(8-10-50(22,4)25(24)9-11-51(26,32)5)70-47-40(66)37(63)41(31(17-56)73-47)74-49-43(76-48-39(65)36(62)34(60)29(15-54)71-48)42(35(61)30(16-55)72-49)75-46-38(64)33(59)27(58)18-68-46/h19-20,22-49,53-56,58-67H,6-18H2,1-5H3/t19-,20-,22-,23-,24+,25-,26-,27+,28-,29+,30+,31+,32-,33-,34+,35+,36-,37+,38+,39+,40+,41-,42-,43+,44+,45+,46+,47+,48-,49-,50-,51-,52-/m0/s1. The van der Waals surface area contributed by atoms with Gasteiger partial charge in [-0.05, 0) is 97.7 Å². The van der Waals surface area contributed by atoms with Crippen LogP contribution in [0.3, 0.4) is 0 Å². The first-order valence-corrected chi connectivity index (χ1v) is 27.9. The van der Waals surface area contributed by atoms with Crippen molar-refractivity contribution in [1.29, 1.82) is 0 Å². The molecule has 0 bridgehead atoms. The Balaban J connectivity index is 0.817. The zero-order chi connectivity index (χ0) is 55.4. The van der Waals surface area contributed by atoms with Gasteiger partial charge in [0.05, 0.1) is 44.7 Å². The van der Waals surface area contributed by atoms with Crippen LogP contribution in [0.25, 0.3) is 0 Å². The molecule has 25 heteroatoms. The highest BCUT2D eigenvalue weighted by Crippen LogP contribution is 2.70. The molecule has 0 radical (unpaired) electrons. The fourth-order valence-electron chi connectivity index (χ4n) is 16.6. The number of aliphatic hydroxyl groups excluding tert-OH is 12. The van der Waals surface area contributed by atoms with Gasteiger partial charge in [-0.3, -0.25) is 4.79 Å². The normalized spacial score (nSPS) is 56.7. The molecule has 0 aromatic heterocycles. The molecule has 33 atom stereocenters. The monoisotopic (exact) mass is 1110 g/mol. The Morgan fingerprint density at radius 2 is 1.23 bits per heavy atom. The van der Waals surface area contributed by atoms with E-state index in [0.29, 0.717) is 37.1 Å². The molecule has 0 unspecified atom stereocenters. The second-order valence-electron chi connectivity index (χ2n) is 24.8. The molecule has 4 aliphatic carbocycles. The number of rotatable bonds is 12. The number of esters is 1. The lowest BCUT2D eigenvalue weighted by molar-refractivity contribution is -0.404. The minimum absolute atomic E-state index is 0.0141. The number of carbonyl (C=O) groups excluding carboxylic acids is 1. The molecule has 6 heterocycles.